The molecule has 1 aromatic rings. The highest BCUT2D eigenvalue weighted by Crippen LogP contribution is 2.30. The van der Waals surface area contributed by atoms with Gasteiger partial charge >= 0.3 is 0 Å². The van der Waals surface area contributed by atoms with Crippen molar-refractivity contribution in [3.63, 3.8) is 0 Å². The van der Waals surface area contributed by atoms with E-state index in [0.717, 1.165) is 32.4 Å². The maximum absolute atomic E-state index is 12.8. The molecular formula is C17H23N3O. The number of aromatic nitrogens is 1. The van der Waals surface area contributed by atoms with Crippen molar-refractivity contribution in [2.75, 3.05) is 13.6 Å². The van der Waals surface area contributed by atoms with Gasteiger partial charge in [0.1, 0.15) is 0 Å². The molecule has 2 aliphatic rings. The summed E-state index contributed by atoms with van der Waals surface area (Å²) in [5.74, 6) is 0. The van der Waals surface area contributed by atoms with Crippen molar-refractivity contribution in [2.45, 2.75) is 57.5 Å². The number of hydrogen-bond acceptors (Lipinski definition) is 3. The van der Waals surface area contributed by atoms with Crippen LogP contribution in [0, 0.1) is 11.3 Å². The van der Waals surface area contributed by atoms with Gasteiger partial charge in [0.25, 0.3) is 5.56 Å². The molecule has 4 nitrogen and oxygen atoms in total. The van der Waals surface area contributed by atoms with Gasteiger partial charge in [0.2, 0.25) is 0 Å². The first-order valence-corrected chi connectivity index (χ1v) is 8.02. The lowest BCUT2D eigenvalue weighted by Gasteiger charge is -2.33. The van der Waals surface area contributed by atoms with Gasteiger partial charge in [0, 0.05) is 36.8 Å². The Labute approximate surface area is 126 Å². The summed E-state index contributed by atoms with van der Waals surface area (Å²) >= 11 is 0. The van der Waals surface area contributed by atoms with Gasteiger partial charge in [-0.3, -0.25) is 4.79 Å². The first kappa shape index (κ1) is 14.3. The van der Waals surface area contributed by atoms with Gasteiger partial charge < -0.3 is 9.47 Å². The Morgan fingerprint density at radius 2 is 2.10 bits per heavy atom. The minimum atomic E-state index is 0.0896. The standard InChI is InChI=1S/C17H23N3O/c1-19-10-8-16-14(12-19)11-13(7-9-18)17(21)20(16)15-5-3-2-4-6-15/h11,15H,2-8,10,12H2,1H3. The first-order chi connectivity index (χ1) is 10.2. The highest BCUT2D eigenvalue weighted by Gasteiger charge is 2.25. The lowest BCUT2D eigenvalue weighted by molar-refractivity contribution is 0.285. The van der Waals surface area contributed by atoms with Crippen molar-refractivity contribution in [1.29, 1.82) is 5.26 Å². The molecule has 1 aliphatic carbocycles. The first-order valence-electron chi connectivity index (χ1n) is 8.02. The minimum absolute atomic E-state index is 0.0896. The third kappa shape index (κ3) is 2.75. The summed E-state index contributed by atoms with van der Waals surface area (Å²) < 4.78 is 2.06. The topological polar surface area (TPSA) is 49.0 Å². The van der Waals surface area contributed by atoms with E-state index in [2.05, 4.69) is 22.6 Å². The van der Waals surface area contributed by atoms with Crippen LogP contribution >= 0.6 is 0 Å². The fourth-order valence-corrected chi connectivity index (χ4v) is 3.81. The molecule has 0 unspecified atom stereocenters. The zero-order valence-corrected chi connectivity index (χ0v) is 12.8. The fourth-order valence-electron chi connectivity index (χ4n) is 3.81. The molecule has 2 heterocycles. The molecule has 1 aromatic heterocycles. The Kier molecular flexibility index (Phi) is 4.12. The van der Waals surface area contributed by atoms with E-state index in [1.165, 1.54) is 30.5 Å². The third-order valence-electron chi connectivity index (χ3n) is 4.88. The lowest BCUT2D eigenvalue weighted by Crippen LogP contribution is -2.37. The van der Waals surface area contributed by atoms with Gasteiger partial charge in [-0.25, -0.2) is 0 Å². The average Bonchev–Trinajstić information content (AvgIpc) is 2.49. The van der Waals surface area contributed by atoms with E-state index in [4.69, 9.17) is 5.26 Å². The molecule has 4 heteroatoms. The summed E-state index contributed by atoms with van der Waals surface area (Å²) in [6, 6.07) is 4.48. The SMILES string of the molecule is CN1CCc2c(cc(CC#N)c(=O)n2C2CCCCC2)C1. The molecule has 1 aliphatic heterocycles. The molecular weight excluding hydrogens is 262 g/mol. The molecule has 0 amide bonds. The number of nitrogens with zero attached hydrogens (tertiary/aromatic N) is 3. The van der Waals surface area contributed by atoms with Crippen LogP contribution in [0.3, 0.4) is 0 Å². The molecule has 1 saturated carbocycles. The maximum Gasteiger partial charge on any atom is 0.255 e. The molecule has 0 aromatic carbocycles. The second-order valence-electron chi connectivity index (χ2n) is 6.43. The summed E-state index contributed by atoms with van der Waals surface area (Å²) in [5.41, 5.74) is 3.25. The van der Waals surface area contributed by atoms with Crippen molar-refractivity contribution < 1.29 is 0 Å². The van der Waals surface area contributed by atoms with Crippen LogP contribution in [0.4, 0.5) is 0 Å². The fraction of sp³-hybridized carbons (Fsp3) is 0.647. The van der Waals surface area contributed by atoms with Gasteiger partial charge in [-0.05, 0) is 31.5 Å². The molecule has 0 spiro atoms. The van der Waals surface area contributed by atoms with E-state index in [1.807, 2.05) is 6.07 Å². The third-order valence-corrected chi connectivity index (χ3v) is 4.88. The number of likely N-dealkylation sites (N-methyl/N-ethyl adjacent to an activating group) is 1. The Morgan fingerprint density at radius 1 is 1.33 bits per heavy atom. The zero-order chi connectivity index (χ0) is 14.8. The second kappa shape index (κ2) is 6.03. The van der Waals surface area contributed by atoms with Crippen LogP contribution in [0.2, 0.25) is 0 Å². The van der Waals surface area contributed by atoms with Gasteiger partial charge in [0.15, 0.2) is 0 Å². The van der Waals surface area contributed by atoms with Gasteiger partial charge in [-0.1, -0.05) is 19.3 Å². The molecule has 0 N–H and O–H groups in total. The largest absolute Gasteiger partial charge is 0.309 e. The number of hydrogen-bond donors (Lipinski definition) is 0. The van der Waals surface area contributed by atoms with Crippen LogP contribution in [0.5, 0.6) is 0 Å². The highest BCUT2D eigenvalue weighted by atomic mass is 16.1. The summed E-state index contributed by atoms with van der Waals surface area (Å²) in [7, 11) is 2.11. The number of pyridine rings is 1. The Balaban J connectivity index is 2.11. The summed E-state index contributed by atoms with van der Waals surface area (Å²) in [6.07, 6.45) is 7.11. The maximum atomic E-state index is 12.8. The van der Waals surface area contributed by atoms with E-state index in [9.17, 15) is 4.79 Å². The Morgan fingerprint density at radius 3 is 2.81 bits per heavy atom. The van der Waals surface area contributed by atoms with Crippen LogP contribution in [0.1, 0.15) is 55.0 Å². The molecule has 0 atom stereocenters. The predicted molar refractivity (Wildman–Crippen MR) is 82.2 cm³/mol. The number of nitriles is 1. The van der Waals surface area contributed by atoms with Gasteiger partial charge in [-0.15, -0.1) is 0 Å². The lowest BCUT2D eigenvalue weighted by atomic mass is 9.93. The van der Waals surface area contributed by atoms with Crippen LogP contribution in [-0.2, 0) is 19.4 Å². The minimum Gasteiger partial charge on any atom is -0.309 e. The van der Waals surface area contributed by atoms with Gasteiger partial charge in [-0.2, -0.15) is 5.26 Å². The predicted octanol–water partition coefficient (Wildman–Crippen LogP) is 2.41. The smallest absolute Gasteiger partial charge is 0.255 e. The molecule has 21 heavy (non-hydrogen) atoms. The van der Waals surface area contributed by atoms with Crippen molar-refractivity contribution >= 4 is 0 Å². The molecule has 3 rings (SSSR count). The molecule has 0 bridgehead atoms. The summed E-state index contributed by atoms with van der Waals surface area (Å²) in [6.45, 7) is 1.90. The van der Waals surface area contributed by atoms with Gasteiger partial charge in [0.05, 0.1) is 12.5 Å². The Bertz CT molecular complexity index is 620. The Hall–Kier alpha value is -1.60. The quantitative estimate of drug-likeness (QED) is 0.838. The highest BCUT2D eigenvalue weighted by molar-refractivity contribution is 5.31. The molecule has 1 fully saturated rings. The van der Waals surface area contributed by atoms with E-state index in [-0.39, 0.29) is 12.0 Å². The van der Waals surface area contributed by atoms with Crippen LogP contribution in [0.25, 0.3) is 0 Å². The molecule has 0 saturated heterocycles. The summed E-state index contributed by atoms with van der Waals surface area (Å²) in [5, 5.41) is 8.99. The second-order valence-corrected chi connectivity index (χ2v) is 6.43. The van der Waals surface area contributed by atoms with E-state index < -0.39 is 0 Å². The van der Waals surface area contributed by atoms with E-state index >= 15 is 0 Å². The van der Waals surface area contributed by atoms with Crippen molar-refractivity contribution in [3.8, 4) is 6.07 Å². The van der Waals surface area contributed by atoms with Crippen molar-refractivity contribution in [3.05, 3.63) is 33.2 Å². The number of rotatable bonds is 2. The number of fused-ring (bicyclic) bond motifs is 1. The van der Waals surface area contributed by atoms with Crippen LogP contribution in [0.15, 0.2) is 10.9 Å². The monoisotopic (exact) mass is 285 g/mol. The molecule has 112 valence electrons. The zero-order valence-electron chi connectivity index (χ0n) is 12.8. The normalized spacial score (nSPS) is 20.0. The van der Waals surface area contributed by atoms with Crippen molar-refractivity contribution in [1.82, 2.24) is 9.47 Å². The average molecular weight is 285 g/mol. The summed E-state index contributed by atoms with van der Waals surface area (Å²) in [4.78, 5) is 15.1. The van der Waals surface area contributed by atoms with Crippen LogP contribution < -0.4 is 5.56 Å². The van der Waals surface area contributed by atoms with E-state index in [1.54, 1.807) is 0 Å². The molecule has 0 radical (unpaired) electrons. The van der Waals surface area contributed by atoms with E-state index in [0.29, 0.717) is 11.6 Å². The van der Waals surface area contributed by atoms with Crippen molar-refractivity contribution in [2.24, 2.45) is 0 Å². The van der Waals surface area contributed by atoms with Crippen LogP contribution in [-0.4, -0.2) is 23.1 Å².